The molecule has 2 aromatic carbocycles. The molecule has 2 aromatic rings. The minimum atomic E-state index is -0.463. The highest BCUT2D eigenvalue weighted by Gasteiger charge is 2.41. The van der Waals surface area contributed by atoms with E-state index < -0.39 is 11.9 Å². The fourth-order valence-electron chi connectivity index (χ4n) is 4.74. The number of hydrazone groups is 2. The molecule has 208 valence electrons. The van der Waals surface area contributed by atoms with E-state index in [0.717, 1.165) is 11.1 Å². The quantitative estimate of drug-likeness (QED) is 0.324. The summed E-state index contributed by atoms with van der Waals surface area (Å²) in [6, 6.07) is 19.4. The molecule has 2 heterocycles. The summed E-state index contributed by atoms with van der Waals surface area (Å²) >= 11 is 0. The lowest BCUT2D eigenvalue weighted by Crippen LogP contribution is -2.31. The Kier molecular flexibility index (Phi) is 9.27. The molecule has 0 aromatic heterocycles. The Balaban J connectivity index is 1.73. The fourth-order valence-corrected chi connectivity index (χ4v) is 4.74. The van der Waals surface area contributed by atoms with E-state index in [0.29, 0.717) is 35.9 Å². The molecule has 0 amide bonds. The molecule has 0 aliphatic carbocycles. The van der Waals surface area contributed by atoms with Crippen LogP contribution in [0.1, 0.15) is 50.7 Å². The molecule has 9 nitrogen and oxygen atoms in total. The first kappa shape index (κ1) is 28.5. The lowest BCUT2D eigenvalue weighted by molar-refractivity contribution is -0.138. The summed E-state index contributed by atoms with van der Waals surface area (Å²) in [6.45, 7) is 8.34. The monoisotopic (exact) mass is 542 g/mol. The average molecular weight is 543 g/mol. The summed E-state index contributed by atoms with van der Waals surface area (Å²) in [5.74, 6) is -1.86. The first-order chi connectivity index (χ1) is 19.3. The molecule has 40 heavy (non-hydrogen) atoms. The van der Waals surface area contributed by atoms with Crippen molar-refractivity contribution >= 4 is 29.1 Å². The Morgan fingerprint density at radius 3 is 1.45 bits per heavy atom. The average Bonchev–Trinajstić information content (AvgIpc) is 3.60. The number of rotatable bonds is 10. The van der Waals surface area contributed by atoms with Crippen molar-refractivity contribution in [3.05, 3.63) is 95.3 Å². The third-order valence-corrected chi connectivity index (χ3v) is 6.74. The largest absolute Gasteiger partial charge is 0.463 e. The third-order valence-electron chi connectivity index (χ3n) is 6.74. The summed E-state index contributed by atoms with van der Waals surface area (Å²) in [4.78, 5) is 38.5. The molecule has 0 fully saturated rings. The summed E-state index contributed by atoms with van der Waals surface area (Å²) in [5, 5.41) is 12.8. The molecule has 4 rings (SSSR count). The maximum absolute atomic E-state index is 14.3. The predicted molar refractivity (Wildman–Crippen MR) is 152 cm³/mol. The number of hydrogen-bond acceptors (Lipinski definition) is 9. The summed E-state index contributed by atoms with van der Waals surface area (Å²) in [5.41, 5.74) is 3.71. The van der Waals surface area contributed by atoms with Crippen LogP contribution in [-0.4, -0.2) is 65.5 Å². The number of ketones is 1. The zero-order chi connectivity index (χ0) is 28.6. The second-order valence-electron chi connectivity index (χ2n) is 9.47. The van der Waals surface area contributed by atoms with Crippen molar-refractivity contribution in [3.8, 4) is 0 Å². The van der Waals surface area contributed by atoms with Crippen molar-refractivity contribution in [1.82, 2.24) is 10.0 Å². The van der Waals surface area contributed by atoms with E-state index in [1.54, 1.807) is 37.7 Å². The molecular formula is C31H34N4O5. The first-order valence-electron chi connectivity index (χ1n) is 13.4. The Morgan fingerprint density at radius 2 is 1.10 bits per heavy atom. The van der Waals surface area contributed by atoms with Gasteiger partial charge in [0.15, 0.2) is 0 Å². The highest BCUT2D eigenvalue weighted by molar-refractivity contribution is 6.68. The Hall–Kier alpha value is -4.53. The standard InChI is InChI=1S/C31H34N4O5/c1-5-39-27(36)17-21(3)34-19-25(23-13-9-7-10-14-23)29(32-34)31(38)30-26(24-15-11-8-12-16-24)20-35(33-30)22(4)18-28(37)40-6-2/h7-18,25-26H,5-6,19-20H2,1-4H3/b21-17+,22-18+. The van der Waals surface area contributed by atoms with Crippen LogP contribution in [0.3, 0.4) is 0 Å². The van der Waals surface area contributed by atoms with Gasteiger partial charge in [0.05, 0.1) is 38.1 Å². The van der Waals surface area contributed by atoms with Gasteiger partial charge in [0, 0.05) is 23.5 Å². The van der Waals surface area contributed by atoms with E-state index in [4.69, 9.17) is 19.7 Å². The number of hydrogen-bond donors (Lipinski definition) is 0. The van der Waals surface area contributed by atoms with Gasteiger partial charge in [-0.15, -0.1) is 0 Å². The molecule has 0 bridgehead atoms. The summed E-state index contributed by atoms with van der Waals surface area (Å²) in [6.07, 6.45) is 2.77. The van der Waals surface area contributed by atoms with Crippen LogP contribution in [-0.2, 0) is 23.9 Å². The number of allylic oxidation sites excluding steroid dienone is 2. The van der Waals surface area contributed by atoms with E-state index in [9.17, 15) is 14.4 Å². The Bertz CT molecular complexity index is 1260. The molecule has 0 radical (unpaired) electrons. The van der Waals surface area contributed by atoms with E-state index >= 15 is 0 Å². The SMILES string of the molecule is CCOC(=O)/C=C(\C)N1CC(c2ccccc2)C(C(=O)C2=NN(/C(C)=C/C(=O)OCC)CC2c2ccccc2)=N1. The van der Waals surface area contributed by atoms with Crippen molar-refractivity contribution in [2.45, 2.75) is 39.5 Å². The first-order valence-corrected chi connectivity index (χ1v) is 13.4. The molecule has 0 saturated carbocycles. The number of carbonyl (C=O) groups is 3. The zero-order valence-corrected chi connectivity index (χ0v) is 23.2. The minimum Gasteiger partial charge on any atom is -0.463 e. The molecule has 2 atom stereocenters. The van der Waals surface area contributed by atoms with Crippen LogP contribution in [0.4, 0.5) is 0 Å². The minimum absolute atomic E-state index is 0.267. The van der Waals surface area contributed by atoms with Crippen LogP contribution in [0.2, 0.25) is 0 Å². The third kappa shape index (κ3) is 6.54. The lowest BCUT2D eigenvalue weighted by atomic mass is 9.86. The highest BCUT2D eigenvalue weighted by atomic mass is 16.5. The van der Waals surface area contributed by atoms with Crippen molar-refractivity contribution in [2.75, 3.05) is 26.3 Å². The smallest absolute Gasteiger partial charge is 0.332 e. The maximum Gasteiger partial charge on any atom is 0.332 e. The number of benzene rings is 2. The van der Waals surface area contributed by atoms with Gasteiger partial charge in [-0.25, -0.2) is 9.59 Å². The van der Waals surface area contributed by atoms with Gasteiger partial charge in [0.25, 0.3) is 0 Å². The molecule has 2 aliphatic rings. The van der Waals surface area contributed by atoms with Crippen LogP contribution in [0.15, 0.2) is 94.4 Å². The molecule has 0 N–H and O–H groups in total. The Morgan fingerprint density at radius 1 is 0.725 bits per heavy atom. The summed E-state index contributed by atoms with van der Waals surface area (Å²) < 4.78 is 10.1. The van der Waals surface area contributed by atoms with Crippen molar-refractivity contribution in [2.24, 2.45) is 10.2 Å². The molecule has 0 saturated heterocycles. The summed E-state index contributed by atoms with van der Waals surface area (Å²) in [7, 11) is 0. The number of ether oxygens (including phenoxy) is 2. The van der Waals surface area contributed by atoms with Crippen molar-refractivity contribution in [1.29, 1.82) is 0 Å². The van der Waals surface area contributed by atoms with Gasteiger partial charge in [-0.3, -0.25) is 14.8 Å². The van der Waals surface area contributed by atoms with Gasteiger partial charge in [0.2, 0.25) is 5.78 Å². The van der Waals surface area contributed by atoms with Crippen LogP contribution in [0.25, 0.3) is 0 Å². The normalized spacial score (nSPS) is 19.3. The predicted octanol–water partition coefficient (Wildman–Crippen LogP) is 4.40. The van der Waals surface area contributed by atoms with Crippen LogP contribution >= 0.6 is 0 Å². The van der Waals surface area contributed by atoms with Crippen molar-refractivity contribution in [3.63, 3.8) is 0 Å². The van der Waals surface area contributed by atoms with Gasteiger partial charge >= 0.3 is 11.9 Å². The van der Waals surface area contributed by atoms with Gasteiger partial charge in [-0.2, -0.15) is 10.2 Å². The number of carbonyl (C=O) groups excluding carboxylic acids is 3. The van der Waals surface area contributed by atoms with Gasteiger partial charge in [0.1, 0.15) is 11.4 Å². The highest BCUT2D eigenvalue weighted by Crippen LogP contribution is 2.33. The maximum atomic E-state index is 14.3. The topological polar surface area (TPSA) is 101 Å². The van der Waals surface area contributed by atoms with Gasteiger partial charge < -0.3 is 9.47 Å². The second kappa shape index (κ2) is 13.0. The fraction of sp³-hybridized carbons (Fsp3) is 0.323. The number of esters is 2. The molecule has 9 heteroatoms. The van der Waals surface area contributed by atoms with E-state index in [1.807, 2.05) is 60.7 Å². The van der Waals surface area contributed by atoms with E-state index in [1.165, 1.54) is 12.2 Å². The lowest BCUT2D eigenvalue weighted by Gasteiger charge is -2.17. The van der Waals surface area contributed by atoms with Crippen LogP contribution < -0.4 is 0 Å². The molecule has 2 aliphatic heterocycles. The number of nitrogens with zero attached hydrogens (tertiary/aromatic N) is 4. The van der Waals surface area contributed by atoms with Gasteiger partial charge in [-0.1, -0.05) is 60.7 Å². The van der Waals surface area contributed by atoms with Crippen LogP contribution in [0, 0.1) is 0 Å². The van der Waals surface area contributed by atoms with Crippen LogP contribution in [0.5, 0.6) is 0 Å². The number of Topliss-reactive ketones (excluding diaryl/α,β-unsaturated/α-hetero) is 1. The molecular weight excluding hydrogens is 508 g/mol. The molecule has 2 unspecified atom stereocenters. The van der Waals surface area contributed by atoms with Gasteiger partial charge in [-0.05, 0) is 38.8 Å². The van der Waals surface area contributed by atoms with E-state index in [2.05, 4.69) is 0 Å². The zero-order valence-electron chi connectivity index (χ0n) is 23.2. The van der Waals surface area contributed by atoms with E-state index in [-0.39, 0.29) is 30.8 Å². The second-order valence-corrected chi connectivity index (χ2v) is 9.47. The van der Waals surface area contributed by atoms with Crippen molar-refractivity contribution < 1.29 is 23.9 Å². The Labute approximate surface area is 234 Å². The molecule has 0 spiro atoms.